The molecule has 0 aliphatic carbocycles. The van der Waals surface area contributed by atoms with Gasteiger partial charge >= 0.3 is 12.1 Å². The molecule has 0 aliphatic heterocycles. The van der Waals surface area contributed by atoms with Gasteiger partial charge < -0.3 is 19.9 Å². The van der Waals surface area contributed by atoms with Gasteiger partial charge in [0.25, 0.3) is 0 Å². The molecule has 0 unspecified atom stereocenters. The Bertz CT molecular complexity index is 421. The van der Waals surface area contributed by atoms with Crippen LogP contribution in [-0.2, 0) is 20.9 Å². The van der Waals surface area contributed by atoms with Crippen molar-refractivity contribution < 1.29 is 24.2 Å². The molecular weight excluding hydrogens is 262 g/mol. The van der Waals surface area contributed by atoms with Crippen molar-refractivity contribution in [1.29, 1.82) is 0 Å². The Hall–Kier alpha value is -2.08. The maximum atomic E-state index is 11.4. The number of ether oxygens (including phenoxy) is 2. The molecule has 0 heterocycles. The lowest BCUT2D eigenvalue weighted by atomic mass is 10.2. The van der Waals surface area contributed by atoms with Crippen LogP contribution in [0, 0.1) is 0 Å². The van der Waals surface area contributed by atoms with Crippen LogP contribution < -0.4 is 5.32 Å². The molecule has 0 radical (unpaired) electrons. The minimum Gasteiger partial charge on any atom is -0.464 e. The minimum atomic E-state index is -1.23. The van der Waals surface area contributed by atoms with Gasteiger partial charge in [-0.15, -0.1) is 0 Å². The summed E-state index contributed by atoms with van der Waals surface area (Å²) in [5.41, 5.74) is 0.884. The zero-order chi connectivity index (χ0) is 14.8. The molecule has 6 heteroatoms. The highest BCUT2D eigenvalue weighted by atomic mass is 16.6. The number of nitrogens with one attached hydrogen (secondary N) is 1. The van der Waals surface area contributed by atoms with Crippen LogP contribution >= 0.6 is 0 Å². The number of hydrogen-bond acceptors (Lipinski definition) is 5. The topological polar surface area (TPSA) is 84.9 Å². The third-order valence-corrected chi connectivity index (χ3v) is 2.46. The fourth-order valence-electron chi connectivity index (χ4n) is 1.44. The van der Waals surface area contributed by atoms with Gasteiger partial charge in [-0.3, -0.25) is 0 Å². The number of esters is 1. The molecule has 0 saturated carbocycles. The molecule has 0 aromatic heterocycles. The Morgan fingerprint density at radius 1 is 1.25 bits per heavy atom. The molecule has 1 rings (SSSR count). The highest BCUT2D eigenvalue weighted by Gasteiger charge is 2.15. The molecule has 1 amide bonds. The molecule has 20 heavy (non-hydrogen) atoms. The van der Waals surface area contributed by atoms with Crippen molar-refractivity contribution in [2.75, 3.05) is 13.2 Å². The van der Waals surface area contributed by atoms with Crippen LogP contribution in [0.15, 0.2) is 30.3 Å². The number of rotatable bonds is 7. The quantitative estimate of drug-likeness (QED) is 0.734. The monoisotopic (exact) mass is 281 g/mol. The van der Waals surface area contributed by atoms with Gasteiger partial charge in [0.2, 0.25) is 0 Å². The summed E-state index contributed by atoms with van der Waals surface area (Å²) in [7, 11) is 0. The van der Waals surface area contributed by atoms with E-state index in [2.05, 4.69) is 10.1 Å². The smallest absolute Gasteiger partial charge is 0.407 e. The van der Waals surface area contributed by atoms with E-state index in [4.69, 9.17) is 4.74 Å². The number of aliphatic hydroxyl groups is 1. The highest BCUT2D eigenvalue weighted by Crippen LogP contribution is 2.00. The maximum Gasteiger partial charge on any atom is 0.407 e. The van der Waals surface area contributed by atoms with E-state index in [-0.39, 0.29) is 26.2 Å². The van der Waals surface area contributed by atoms with E-state index in [0.717, 1.165) is 5.56 Å². The lowest BCUT2D eigenvalue weighted by molar-refractivity contribution is -0.153. The number of alkyl carbamates (subject to hydrolysis) is 1. The molecular formula is C14H19NO5. The first-order chi connectivity index (χ1) is 9.63. The Labute approximate surface area is 117 Å². The lowest BCUT2D eigenvalue weighted by Gasteiger charge is -2.10. The summed E-state index contributed by atoms with van der Waals surface area (Å²) in [5.74, 6) is -0.688. The Kier molecular flexibility index (Phi) is 7.13. The first kappa shape index (κ1) is 16.0. The van der Waals surface area contributed by atoms with E-state index in [1.54, 1.807) is 6.92 Å². The fraction of sp³-hybridized carbons (Fsp3) is 0.429. The summed E-state index contributed by atoms with van der Waals surface area (Å²) in [6.07, 6.45) is -1.74. The SMILES string of the molecule is CCOC(=O)[C@@H](O)CCNC(=O)OCc1ccccc1. The van der Waals surface area contributed by atoms with E-state index >= 15 is 0 Å². The molecule has 110 valence electrons. The van der Waals surface area contributed by atoms with Crippen molar-refractivity contribution in [2.45, 2.75) is 26.1 Å². The first-order valence-corrected chi connectivity index (χ1v) is 6.42. The second-order valence-corrected chi connectivity index (χ2v) is 4.05. The molecule has 2 N–H and O–H groups in total. The van der Waals surface area contributed by atoms with Gasteiger partial charge in [-0.1, -0.05) is 30.3 Å². The summed E-state index contributed by atoms with van der Waals surface area (Å²) in [4.78, 5) is 22.5. The average Bonchev–Trinajstić information content (AvgIpc) is 2.46. The van der Waals surface area contributed by atoms with Crippen LogP contribution in [0.2, 0.25) is 0 Å². The van der Waals surface area contributed by atoms with Crippen LogP contribution in [0.4, 0.5) is 4.79 Å². The van der Waals surface area contributed by atoms with Crippen LogP contribution in [0.25, 0.3) is 0 Å². The van der Waals surface area contributed by atoms with Crippen LogP contribution in [-0.4, -0.2) is 36.4 Å². The number of hydrogen-bond donors (Lipinski definition) is 2. The number of benzene rings is 1. The second-order valence-electron chi connectivity index (χ2n) is 4.05. The number of amides is 1. The number of carbonyl (C=O) groups excluding carboxylic acids is 2. The van der Waals surface area contributed by atoms with Crippen molar-refractivity contribution in [3.8, 4) is 0 Å². The van der Waals surface area contributed by atoms with Crippen LogP contribution in [0.1, 0.15) is 18.9 Å². The van der Waals surface area contributed by atoms with Gasteiger partial charge in [-0.25, -0.2) is 9.59 Å². The van der Waals surface area contributed by atoms with Crippen LogP contribution in [0.3, 0.4) is 0 Å². The highest BCUT2D eigenvalue weighted by molar-refractivity contribution is 5.74. The third-order valence-electron chi connectivity index (χ3n) is 2.46. The molecule has 0 spiro atoms. The van der Waals surface area contributed by atoms with E-state index in [1.807, 2.05) is 30.3 Å². The van der Waals surface area contributed by atoms with Gasteiger partial charge in [0.15, 0.2) is 6.10 Å². The Morgan fingerprint density at radius 3 is 2.60 bits per heavy atom. The first-order valence-electron chi connectivity index (χ1n) is 6.42. The van der Waals surface area contributed by atoms with Crippen molar-refractivity contribution in [3.63, 3.8) is 0 Å². The Balaban J connectivity index is 2.16. The van der Waals surface area contributed by atoms with Gasteiger partial charge in [0.1, 0.15) is 6.61 Å². The summed E-state index contributed by atoms with van der Waals surface area (Å²) in [6, 6.07) is 9.27. The lowest BCUT2D eigenvalue weighted by Crippen LogP contribution is -2.31. The number of aliphatic hydroxyl groups excluding tert-OH is 1. The molecule has 6 nitrogen and oxygen atoms in total. The standard InChI is InChI=1S/C14H19NO5/c1-2-19-13(17)12(16)8-9-15-14(18)20-10-11-6-4-3-5-7-11/h3-7,12,16H,2,8-10H2,1H3,(H,15,18)/t12-/m0/s1. The zero-order valence-electron chi connectivity index (χ0n) is 11.4. The summed E-state index contributed by atoms with van der Waals surface area (Å²) >= 11 is 0. The average molecular weight is 281 g/mol. The zero-order valence-corrected chi connectivity index (χ0v) is 11.4. The molecule has 1 aromatic rings. The van der Waals surface area contributed by atoms with E-state index < -0.39 is 18.2 Å². The summed E-state index contributed by atoms with van der Waals surface area (Å²) in [5, 5.41) is 11.9. The minimum absolute atomic E-state index is 0.0826. The maximum absolute atomic E-state index is 11.4. The van der Waals surface area contributed by atoms with Crippen LogP contribution in [0.5, 0.6) is 0 Å². The summed E-state index contributed by atoms with van der Waals surface area (Å²) < 4.78 is 9.60. The molecule has 0 aliphatic rings. The largest absolute Gasteiger partial charge is 0.464 e. The third kappa shape index (κ3) is 6.19. The van der Waals surface area contributed by atoms with Crippen molar-refractivity contribution in [3.05, 3.63) is 35.9 Å². The fourth-order valence-corrected chi connectivity index (χ4v) is 1.44. The molecule has 0 bridgehead atoms. The van der Waals surface area contributed by atoms with E-state index in [1.165, 1.54) is 0 Å². The predicted molar refractivity (Wildman–Crippen MR) is 71.9 cm³/mol. The van der Waals surface area contributed by atoms with Crippen molar-refractivity contribution in [2.24, 2.45) is 0 Å². The van der Waals surface area contributed by atoms with Crippen molar-refractivity contribution in [1.82, 2.24) is 5.32 Å². The Morgan fingerprint density at radius 2 is 1.95 bits per heavy atom. The molecule has 0 saturated heterocycles. The predicted octanol–water partition coefficient (Wildman–Crippen LogP) is 1.23. The van der Waals surface area contributed by atoms with E-state index in [0.29, 0.717) is 0 Å². The van der Waals surface area contributed by atoms with E-state index in [9.17, 15) is 14.7 Å². The molecule has 1 aromatic carbocycles. The van der Waals surface area contributed by atoms with Gasteiger partial charge in [-0.2, -0.15) is 0 Å². The van der Waals surface area contributed by atoms with Gasteiger partial charge in [-0.05, 0) is 12.5 Å². The normalized spacial score (nSPS) is 11.5. The van der Waals surface area contributed by atoms with Crippen molar-refractivity contribution >= 4 is 12.1 Å². The van der Waals surface area contributed by atoms with Gasteiger partial charge in [0.05, 0.1) is 6.61 Å². The van der Waals surface area contributed by atoms with Gasteiger partial charge in [0, 0.05) is 13.0 Å². The molecule has 1 atom stereocenters. The number of carbonyl (C=O) groups is 2. The molecule has 0 fully saturated rings. The summed E-state index contributed by atoms with van der Waals surface area (Å²) in [6.45, 7) is 2.17. The second kappa shape index (κ2) is 8.92.